The van der Waals surface area contributed by atoms with Crippen molar-refractivity contribution in [3.8, 4) is 11.1 Å². The number of fused-ring (bicyclic) bond motifs is 1. The van der Waals surface area contributed by atoms with Crippen LogP contribution < -0.4 is 5.73 Å². The number of amides is 1. The Balaban J connectivity index is 1.92. The van der Waals surface area contributed by atoms with Crippen molar-refractivity contribution in [3.05, 3.63) is 35.7 Å². The van der Waals surface area contributed by atoms with Crippen LogP contribution in [0.25, 0.3) is 11.1 Å². The summed E-state index contributed by atoms with van der Waals surface area (Å²) in [7, 11) is 1.78. The highest BCUT2D eigenvalue weighted by molar-refractivity contribution is 6.05. The molecule has 6 nitrogen and oxygen atoms in total. The third-order valence-electron chi connectivity index (χ3n) is 4.04. The van der Waals surface area contributed by atoms with E-state index in [0.717, 1.165) is 36.1 Å². The zero-order valence-electron chi connectivity index (χ0n) is 12.6. The van der Waals surface area contributed by atoms with Crippen molar-refractivity contribution >= 4 is 11.6 Å². The second kappa shape index (κ2) is 5.81. The topological polar surface area (TPSA) is 84.4 Å². The predicted molar refractivity (Wildman–Crippen MR) is 84.2 cm³/mol. The van der Waals surface area contributed by atoms with Crippen LogP contribution in [-0.2, 0) is 13.1 Å². The molecule has 3 rings (SSSR count). The number of nitrogens with zero attached hydrogens (tertiary/aromatic N) is 3. The maximum absolute atomic E-state index is 12.2. The summed E-state index contributed by atoms with van der Waals surface area (Å²) in [5.74, 6) is -0.0234. The standard InChI is InChI=1S/C16H20N4O2/c1-19-10-13-12(4-5-14(17)15(13)16(19)22)11-8-18-20(9-11)6-2-3-7-21/h4-5,8-9,21H,2-3,6-7,10,17H2,1H3. The number of benzene rings is 1. The van der Waals surface area contributed by atoms with Gasteiger partial charge in [-0.3, -0.25) is 9.48 Å². The fourth-order valence-corrected chi connectivity index (χ4v) is 2.86. The van der Waals surface area contributed by atoms with Gasteiger partial charge in [-0.05, 0) is 30.0 Å². The highest BCUT2D eigenvalue weighted by Crippen LogP contribution is 2.35. The number of anilines is 1. The summed E-state index contributed by atoms with van der Waals surface area (Å²) in [6, 6.07) is 3.74. The highest BCUT2D eigenvalue weighted by Gasteiger charge is 2.29. The minimum Gasteiger partial charge on any atom is -0.398 e. The Morgan fingerprint density at radius 2 is 2.18 bits per heavy atom. The number of aliphatic hydroxyl groups is 1. The van der Waals surface area contributed by atoms with E-state index in [2.05, 4.69) is 5.10 Å². The molecule has 0 saturated carbocycles. The van der Waals surface area contributed by atoms with Gasteiger partial charge in [0.15, 0.2) is 0 Å². The van der Waals surface area contributed by atoms with Gasteiger partial charge in [0, 0.05) is 44.2 Å². The van der Waals surface area contributed by atoms with Crippen LogP contribution in [0, 0.1) is 0 Å². The van der Waals surface area contributed by atoms with E-state index < -0.39 is 0 Å². The fraction of sp³-hybridized carbons (Fsp3) is 0.375. The lowest BCUT2D eigenvalue weighted by Gasteiger charge is -2.07. The number of nitrogen functional groups attached to an aromatic ring is 1. The van der Waals surface area contributed by atoms with Crippen molar-refractivity contribution in [2.75, 3.05) is 19.4 Å². The van der Waals surface area contributed by atoms with Gasteiger partial charge in [0.2, 0.25) is 0 Å². The molecule has 1 aliphatic rings. The Kier molecular flexibility index (Phi) is 3.85. The summed E-state index contributed by atoms with van der Waals surface area (Å²) in [4.78, 5) is 13.9. The summed E-state index contributed by atoms with van der Waals surface area (Å²) in [5.41, 5.74) is 10.1. The van der Waals surface area contributed by atoms with E-state index in [9.17, 15) is 4.79 Å². The molecule has 22 heavy (non-hydrogen) atoms. The van der Waals surface area contributed by atoms with E-state index in [1.54, 1.807) is 18.0 Å². The van der Waals surface area contributed by atoms with E-state index >= 15 is 0 Å². The van der Waals surface area contributed by atoms with Gasteiger partial charge < -0.3 is 15.7 Å². The molecule has 0 saturated heterocycles. The van der Waals surface area contributed by atoms with E-state index in [1.807, 2.05) is 23.1 Å². The Morgan fingerprint density at radius 3 is 2.95 bits per heavy atom. The van der Waals surface area contributed by atoms with Crippen LogP contribution in [0.2, 0.25) is 0 Å². The molecule has 0 unspecified atom stereocenters. The number of carbonyl (C=O) groups is 1. The van der Waals surface area contributed by atoms with Crippen LogP contribution in [0.3, 0.4) is 0 Å². The number of aromatic nitrogens is 2. The number of hydrogen-bond donors (Lipinski definition) is 2. The van der Waals surface area contributed by atoms with Crippen molar-refractivity contribution in [3.63, 3.8) is 0 Å². The molecule has 0 bridgehead atoms. The summed E-state index contributed by atoms with van der Waals surface area (Å²) in [5, 5.41) is 13.2. The normalized spacial score (nSPS) is 13.7. The van der Waals surface area contributed by atoms with Crippen molar-refractivity contribution in [2.45, 2.75) is 25.9 Å². The Hall–Kier alpha value is -2.34. The minimum absolute atomic E-state index is 0.0234. The number of unbranched alkanes of at least 4 members (excludes halogenated alkanes) is 1. The maximum atomic E-state index is 12.2. The van der Waals surface area contributed by atoms with E-state index in [0.29, 0.717) is 17.8 Å². The molecule has 3 N–H and O–H groups in total. The number of rotatable bonds is 5. The molecule has 0 radical (unpaired) electrons. The zero-order chi connectivity index (χ0) is 15.7. The Morgan fingerprint density at radius 1 is 1.36 bits per heavy atom. The van der Waals surface area contributed by atoms with Crippen molar-refractivity contribution in [2.24, 2.45) is 0 Å². The van der Waals surface area contributed by atoms with Gasteiger partial charge in [-0.15, -0.1) is 0 Å². The smallest absolute Gasteiger partial charge is 0.256 e. The largest absolute Gasteiger partial charge is 0.398 e. The van der Waals surface area contributed by atoms with Crippen molar-refractivity contribution in [1.29, 1.82) is 0 Å². The van der Waals surface area contributed by atoms with Gasteiger partial charge in [0.05, 0.1) is 11.8 Å². The van der Waals surface area contributed by atoms with Crippen LogP contribution in [0.4, 0.5) is 5.69 Å². The first-order valence-electron chi connectivity index (χ1n) is 7.42. The van der Waals surface area contributed by atoms with Crippen molar-refractivity contribution < 1.29 is 9.90 Å². The average molecular weight is 300 g/mol. The van der Waals surface area contributed by atoms with Crippen LogP contribution in [0.5, 0.6) is 0 Å². The Bertz CT molecular complexity index is 708. The fourth-order valence-electron chi connectivity index (χ4n) is 2.86. The zero-order valence-corrected chi connectivity index (χ0v) is 12.6. The number of nitrogens with two attached hydrogens (primary N) is 1. The summed E-state index contributed by atoms with van der Waals surface area (Å²) in [6.07, 6.45) is 5.45. The second-order valence-electron chi connectivity index (χ2n) is 5.64. The number of carbonyl (C=O) groups excluding carboxylic acids is 1. The average Bonchev–Trinajstić information content (AvgIpc) is 3.06. The summed E-state index contributed by atoms with van der Waals surface area (Å²) < 4.78 is 1.87. The monoisotopic (exact) mass is 300 g/mol. The first kappa shape index (κ1) is 14.6. The maximum Gasteiger partial charge on any atom is 0.256 e. The molecule has 116 valence electrons. The lowest BCUT2D eigenvalue weighted by molar-refractivity contribution is 0.0817. The first-order chi connectivity index (χ1) is 10.6. The van der Waals surface area contributed by atoms with E-state index in [1.165, 1.54) is 0 Å². The SMILES string of the molecule is CN1Cc2c(-c3cnn(CCCCO)c3)ccc(N)c2C1=O. The molecule has 1 aromatic heterocycles. The van der Waals surface area contributed by atoms with Gasteiger partial charge in [-0.1, -0.05) is 6.07 Å². The summed E-state index contributed by atoms with van der Waals surface area (Å²) in [6.45, 7) is 1.55. The highest BCUT2D eigenvalue weighted by atomic mass is 16.2. The predicted octanol–water partition coefficient (Wildman–Crippen LogP) is 1.49. The van der Waals surface area contributed by atoms with E-state index in [-0.39, 0.29) is 12.5 Å². The molecule has 1 aromatic carbocycles. The van der Waals surface area contributed by atoms with Gasteiger partial charge >= 0.3 is 0 Å². The number of aliphatic hydroxyl groups excluding tert-OH is 1. The molecule has 2 heterocycles. The molecule has 0 spiro atoms. The third-order valence-corrected chi connectivity index (χ3v) is 4.04. The van der Waals surface area contributed by atoms with Gasteiger partial charge in [0.25, 0.3) is 5.91 Å². The van der Waals surface area contributed by atoms with Crippen LogP contribution in [-0.4, -0.2) is 39.3 Å². The molecule has 6 heteroatoms. The van der Waals surface area contributed by atoms with Gasteiger partial charge in [-0.25, -0.2) is 0 Å². The first-order valence-corrected chi connectivity index (χ1v) is 7.42. The molecule has 1 amide bonds. The molecular formula is C16H20N4O2. The minimum atomic E-state index is -0.0234. The lowest BCUT2D eigenvalue weighted by Crippen LogP contribution is -2.18. The van der Waals surface area contributed by atoms with Crippen LogP contribution in [0.15, 0.2) is 24.5 Å². The quantitative estimate of drug-likeness (QED) is 0.647. The van der Waals surface area contributed by atoms with Gasteiger partial charge in [-0.2, -0.15) is 5.10 Å². The van der Waals surface area contributed by atoms with Gasteiger partial charge in [0.1, 0.15) is 0 Å². The summed E-state index contributed by atoms with van der Waals surface area (Å²) >= 11 is 0. The second-order valence-corrected chi connectivity index (χ2v) is 5.64. The molecule has 1 aliphatic heterocycles. The number of hydrogen-bond acceptors (Lipinski definition) is 4. The molecule has 0 fully saturated rings. The van der Waals surface area contributed by atoms with Crippen LogP contribution in [0.1, 0.15) is 28.8 Å². The van der Waals surface area contributed by atoms with E-state index in [4.69, 9.17) is 10.8 Å². The van der Waals surface area contributed by atoms with Crippen LogP contribution >= 0.6 is 0 Å². The molecular weight excluding hydrogens is 280 g/mol. The van der Waals surface area contributed by atoms with Crippen molar-refractivity contribution in [1.82, 2.24) is 14.7 Å². The molecule has 2 aromatic rings. The third kappa shape index (κ3) is 2.46. The number of aryl methyl sites for hydroxylation is 1. The lowest BCUT2D eigenvalue weighted by atomic mass is 9.98. The molecule has 0 atom stereocenters. The Labute approximate surface area is 129 Å². The molecule has 0 aliphatic carbocycles.